The van der Waals surface area contributed by atoms with Crippen LogP contribution >= 0.6 is 0 Å². The SMILES string of the molecule is CCCC1CCC(NC)C(S(=O)(=O)CCC(C)C)C1. The highest BCUT2D eigenvalue weighted by atomic mass is 32.2. The standard InChI is InChI=1S/C15H31NO2S/c1-5-6-13-7-8-14(16-4)15(11-13)19(17,18)10-9-12(2)3/h12-16H,5-11H2,1-4H3. The molecule has 4 heteroatoms. The molecule has 3 atom stereocenters. The monoisotopic (exact) mass is 289 g/mol. The van der Waals surface area contributed by atoms with E-state index in [2.05, 4.69) is 26.1 Å². The minimum absolute atomic E-state index is 0.158. The number of hydrogen-bond acceptors (Lipinski definition) is 3. The third-order valence-electron chi connectivity index (χ3n) is 4.41. The molecule has 1 aliphatic carbocycles. The van der Waals surface area contributed by atoms with E-state index >= 15 is 0 Å². The topological polar surface area (TPSA) is 46.2 Å². The van der Waals surface area contributed by atoms with Crippen LogP contribution in [0.2, 0.25) is 0 Å². The van der Waals surface area contributed by atoms with Crippen molar-refractivity contribution in [3.63, 3.8) is 0 Å². The van der Waals surface area contributed by atoms with Crippen molar-refractivity contribution in [2.45, 2.75) is 70.6 Å². The van der Waals surface area contributed by atoms with E-state index in [4.69, 9.17) is 0 Å². The van der Waals surface area contributed by atoms with Crippen LogP contribution in [0.25, 0.3) is 0 Å². The highest BCUT2D eigenvalue weighted by Crippen LogP contribution is 2.32. The molecule has 1 N–H and O–H groups in total. The normalized spacial score (nSPS) is 28.8. The predicted molar refractivity (Wildman–Crippen MR) is 82.1 cm³/mol. The first-order valence-corrected chi connectivity index (χ1v) is 9.51. The van der Waals surface area contributed by atoms with Crippen molar-refractivity contribution in [2.24, 2.45) is 11.8 Å². The van der Waals surface area contributed by atoms with Gasteiger partial charge >= 0.3 is 0 Å². The molecule has 1 rings (SSSR count). The molecule has 3 nitrogen and oxygen atoms in total. The first-order chi connectivity index (χ1) is 8.90. The van der Waals surface area contributed by atoms with Gasteiger partial charge in [-0.15, -0.1) is 0 Å². The molecule has 0 aliphatic heterocycles. The molecule has 0 radical (unpaired) electrons. The van der Waals surface area contributed by atoms with Crippen LogP contribution in [0.4, 0.5) is 0 Å². The zero-order chi connectivity index (χ0) is 14.5. The first-order valence-electron chi connectivity index (χ1n) is 7.79. The summed E-state index contributed by atoms with van der Waals surface area (Å²) in [4.78, 5) is 0. The van der Waals surface area contributed by atoms with Crippen LogP contribution in [0.15, 0.2) is 0 Å². The Hall–Kier alpha value is -0.0900. The molecular weight excluding hydrogens is 258 g/mol. The van der Waals surface area contributed by atoms with Crippen LogP contribution in [0.1, 0.15) is 59.3 Å². The second-order valence-corrected chi connectivity index (χ2v) is 8.79. The van der Waals surface area contributed by atoms with E-state index in [9.17, 15) is 8.42 Å². The number of nitrogens with one attached hydrogen (secondary N) is 1. The minimum atomic E-state index is -2.95. The molecule has 0 aromatic carbocycles. The highest BCUT2D eigenvalue weighted by molar-refractivity contribution is 7.92. The molecule has 0 heterocycles. The summed E-state index contributed by atoms with van der Waals surface area (Å²) >= 11 is 0. The molecule has 0 aromatic heterocycles. The molecule has 1 saturated carbocycles. The fraction of sp³-hybridized carbons (Fsp3) is 1.00. The maximum absolute atomic E-state index is 12.6. The Morgan fingerprint density at radius 1 is 1.26 bits per heavy atom. The Labute approximate surface area is 119 Å². The van der Waals surface area contributed by atoms with E-state index in [-0.39, 0.29) is 11.3 Å². The molecule has 0 saturated heterocycles. The Bertz CT molecular complexity index is 351. The molecule has 1 fully saturated rings. The van der Waals surface area contributed by atoms with Crippen molar-refractivity contribution >= 4 is 9.84 Å². The Kier molecular flexibility index (Phi) is 6.81. The van der Waals surface area contributed by atoms with Crippen molar-refractivity contribution in [2.75, 3.05) is 12.8 Å². The van der Waals surface area contributed by atoms with Gasteiger partial charge in [0.2, 0.25) is 0 Å². The summed E-state index contributed by atoms with van der Waals surface area (Å²) in [5, 5.41) is 3.07. The van der Waals surface area contributed by atoms with Gasteiger partial charge in [-0.05, 0) is 44.6 Å². The van der Waals surface area contributed by atoms with Crippen LogP contribution in [-0.2, 0) is 9.84 Å². The van der Waals surface area contributed by atoms with E-state index in [0.717, 1.165) is 25.7 Å². The maximum atomic E-state index is 12.6. The summed E-state index contributed by atoms with van der Waals surface area (Å²) in [6.45, 7) is 6.37. The summed E-state index contributed by atoms with van der Waals surface area (Å²) in [6, 6.07) is 0.158. The average molecular weight is 289 g/mol. The average Bonchev–Trinajstić information content (AvgIpc) is 2.37. The fourth-order valence-corrected chi connectivity index (χ4v) is 5.60. The van der Waals surface area contributed by atoms with E-state index in [1.165, 1.54) is 12.8 Å². The summed E-state index contributed by atoms with van der Waals surface area (Å²) in [5.74, 6) is 1.41. The molecule has 114 valence electrons. The molecule has 0 aromatic rings. The molecule has 1 aliphatic rings. The van der Waals surface area contributed by atoms with Crippen LogP contribution < -0.4 is 5.32 Å². The van der Waals surface area contributed by atoms with Gasteiger partial charge in [-0.25, -0.2) is 8.42 Å². The van der Waals surface area contributed by atoms with Crippen LogP contribution in [0.3, 0.4) is 0 Å². The van der Waals surface area contributed by atoms with Gasteiger partial charge in [0, 0.05) is 6.04 Å². The van der Waals surface area contributed by atoms with Gasteiger partial charge in [0.05, 0.1) is 11.0 Å². The Morgan fingerprint density at radius 2 is 1.95 bits per heavy atom. The van der Waals surface area contributed by atoms with Crippen molar-refractivity contribution in [1.82, 2.24) is 5.32 Å². The summed E-state index contributed by atoms with van der Waals surface area (Å²) in [6.07, 6.45) is 6.16. The third-order valence-corrected chi connectivity index (χ3v) is 6.66. The van der Waals surface area contributed by atoms with Crippen LogP contribution in [0, 0.1) is 11.8 Å². The first kappa shape index (κ1) is 17.0. The lowest BCUT2D eigenvalue weighted by atomic mass is 9.83. The molecule has 0 amide bonds. The molecule has 0 spiro atoms. The lowest BCUT2D eigenvalue weighted by molar-refractivity contribution is 0.288. The van der Waals surface area contributed by atoms with Crippen LogP contribution in [0.5, 0.6) is 0 Å². The molecule has 3 unspecified atom stereocenters. The van der Waals surface area contributed by atoms with Crippen molar-refractivity contribution < 1.29 is 8.42 Å². The lowest BCUT2D eigenvalue weighted by Gasteiger charge is -2.35. The lowest BCUT2D eigenvalue weighted by Crippen LogP contribution is -2.47. The van der Waals surface area contributed by atoms with E-state index in [1.54, 1.807) is 0 Å². The Balaban J connectivity index is 2.73. The largest absolute Gasteiger partial charge is 0.316 e. The minimum Gasteiger partial charge on any atom is -0.316 e. The summed E-state index contributed by atoms with van der Waals surface area (Å²) in [7, 11) is -1.05. The van der Waals surface area contributed by atoms with Gasteiger partial charge in [0.25, 0.3) is 0 Å². The zero-order valence-electron chi connectivity index (χ0n) is 13.0. The second kappa shape index (κ2) is 7.63. The fourth-order valence-electron chi connectivity index (χ4n) is 3.16. The highest BCUT2D eigenvalue weighted by Gasteiger charge is 2.37. The van der Waals surface area contributed by atoms with Crippen molar-refractivity contribution in [1.29, 1.82) is 0 Å². The van der Waals surface area contributed by atoms with Gasteiger partial charge < -0.3 is 5.32 Å². The molecule has 19 heavy (non-hydrogen) atoms. The molecular formula is C15H31NO2S. The quantitative estimate of drug-likeness (QED) is 0.783. The zero-order valence-corrected chi connectivity index (χ0v) is 13.8. The second-order valence-electron chi connectivity index (χ2n) is 6.45. The van der Waals surface area contributed by atoms with Crippen molar-refractivity contribution in [3.8, 4) is 0 Å². The maximum Gasteiger partial charge on any atom is 0.154 e. The predicted octanol–water partition coefficient (Wildman–Crippen LogP) is 3.00. The smallest absolute Gasteiger partial charge is 0.154 e. The summed E-state index contributed by atoms with van der Waals surface area (Å²) in [5.41, 5.74) is 0. The Morgan fingerprint density at radius 3 is 2.47 bits per heavy atom. The van der Waals surface area contributed by atoms with E-state index in [0.29, 0.717) is 17.6 Å². The number of rotatable bonds is 7. The van der Waals surface area contributed by atoms with E-state index < -0.39 is 9.84 Å². The van der Waals surface area contributed by atoms with Crippen molar-refractivity contribution in [3.05, 3.63) is 0 Å². The molecule has 0 bridgehead atoms. The number of hydrogen-bond donors (Lipinski definition) is 1. The van der Waals surface area contributed by atoms with Gasteiger partial charge in [-0.1, -0.05) is 33.6 Å². The van der Waals surface area contributed by atoms with Gasteiger partial charge in [0.15, 0.2) is 9.84 Å². The van der Waals surface area contributed by atoms with Gasteiger partial charge in [-0.2, -0.15) is 0 Å². The van der Waals surface area contributed by atoms with E-state index in [1.807, 2.05) is 7.05 Å². The van der Waals surface area contributed by atoms with Gasteiger partial charge in [-0.3, -0.25) is 0 Å². The number of sulfone groups is 1. The van der Waals surface area contributed by atoms with Gasteiger partial charge in [0.1, 0.15) is 0 Å². The third kappa shape index (κ3) is 5.07. The van der Waals surface area contributed by atoms with Crippen LogP contribution in [-0.4, -0.2) is 32.5 Å². The summed E-state index contributed by atoms with van der Waals surface area (Å²) < 4.78 is 25.1.